The van der Waals surface area contributed by atoms with Crippen molar-refractivity contribution < 1.29 is 8.42 Å². The number of hydrogen-bond donors (Lipinski definition) is 0. The van der Waals surface area contributed by atoms with E-state index >= 15 is 0 Å². The molecule has 1 aromatic rings. The molecule has 0 N–H and O–H groups in total. The number of aromatic nitrogens is 1. The summed E-state index contributed by atoms with van der Waals surface area (Å²) < 4.78 is 26.3. The van der Waals surface area contributed by atoms with E-state index in [9.17, 15) is 8.42 Å². The van der Waals surface area contributed by atoms with Crippen LogP contribution in [-0.2, 0) is 10.0 Å². The molecule has 18 heavy (non-hydrogen) atoms. The molecule has 0 saturated carbocycles. The molecule has 0 amide bonds. The number of hydrogen-bond acceptors (Lipinski definition) is 4. The number of nitriles is 1. The van der Waals surface area contributed by atoms with Gasteiger partial charge in [-0.3, -0.25) is 0 Å². The summed E-state index contributed by atoms with van der Waals surface area (Å²) in [6, 6.07) is 4.82. The first-order valence-electron chi connectivity index (χ1n) is 5.91. The number of nitrogens with zero attached hydrogens (tertiary/aromatic N) is 3. The van der Waals surface area contributed by atoms with Crippen molar-refractivity contribution in [2.24, 2.45) is 5.92 Å². The summed E-state index contributed by atoms with van der Waals surface area (Å²) in [5.74, 6) is 0.556. The zero-order chi connectivity index (χ0) is 13.2. The van der Waals surface area contributed by atoms with Crippen LogP contribution in [0, 0.1) is 17.2 Å². The number of pyridine rings is 1. The van der Waals surface area contributed by atoms with Gasteiger partial charge in [-0.15, -0.1) is 0 Å². The molecular weight excluding hydrogens is 250 g/mol. The van der Waals surface area contributed by atoms with Crippen molar-refractivity contribution in [3.63, 3.8) is 0 Å². The molecule has 96 valence electrons. The Morgan fingerprint density at radius 3 is 2.72 bits per heavy atom. The first-order valence-corrected chi connectivity index (χ1v) is 7.35. The molecule has 6 heteroatoms. The highest BCUT2D eigenvalue weighted by atomic mass is 32.2. The normalized spacial score (nSPS) is 18.4. The Hall–Kier alpha value is -1.45. The van der Waals surface area contributed by atoms with Crippen LogP contribution in [0.5, 0.6) is 0 Å². The van der Waals surface area contributed by atoms with Gasteiger partial charge in [-0.1, -0.05) is 6.92 Å². The van der Waals surface area contributed by atoms with Gasteiger partial charge in [0.05, 0.1) is 0 Å². The minimum Gasteiger partial charge on any atom is -0.244 e. The zero-order valence-electron chi connectivity index (χ0n) is 10.2. The van der Waals surface area contributed by atoms with Gasteiger partial charge < -0.3 is 0 Å². The van der Waals surface area contributed by atoms with Crippen molar-refractivity contribution >= 4 is 10.0 Å². The summed E-state index contributed by atoms with van der Waals surface area (Å²) in [6.07, 6.45) is 3.15. The molecule has 0 atom stereocenters. The molecule has 1 aromatic heterocycles. The SMILES string of the molecule is CC1CCN(S(=O)(=O)c2cccnc2C#N)CC1. The zero-order valence-corrected chi connectivity index (χ0v) is 11.0. The summed E-state index contributed by atoms with van der Waals surface area (Å²) in [4.78, 5) is 3.82. The summed E-state index contributed by atoms with van der Waals surface area (Å²) in [6.45, 7) is 3.15. The average molecular weight is 265 g/mol. The van der Waals surface area contributed by atoms with Gasteiger partial charge in [-0.2, -0.15) is 9.57 Å². The summed E-state index contributed by atoms with van der Waals surface area (Å²) in [7, 11) is -3.58. The molecule has 0 unspecified atom stereocenters. The third-order valence-corrected chi connectivity index (χ3v) is 5.17. The highest BCUT2D eigenvalue weighted by molar-refractivity contribution is 7.89. The maximum absolute atomic E-state index is 12.4. The van der Waals surface area contributed by atoms with E-state index in [-0.39, 0.29) is 10.6 Å². The lowest BCUT2D eigenvalue weighted by Crippen LogP contribution is -2.38. The highest BCUT2D eigenvalue weighted by Crippen LogP contribution is 2.24. The van der Waals surface area contributed by atoms with Crippen LogP contribution in [0.2, 0.25) is 0 Å². The van der Waals surface area contributed by atoms with Gasteiger partial charge in [-0.05, 0) is 30.9 Å². The van der Waals surface area contributed by atoms with Crippen molar-refractivity contribution in [3.05, 3.63) is 24.0 Å². The van der Waals surface area contributed by atoms with Crippen LogP contribution in [0.1, 0.15) is 25.5 Å². The van der Waals surface area contributed by atoms with E-state index in [4.69, 9.17) is 5.26 Å². The van der Waals surface area contributed by atoms with Crippen LogP contribution in [0.25, 0.3) is 0 Å². The fraction of sp³-hybridized carbons (Fsp3) is 0.500. The van der Waals surface area contributed by atoms with E-state index in [1.807, 2.05) is 6.07 Å². The Balaban J connectivity index is 2.34. The maximum atomic E-state index is 12.4. The van der Waals surface area contributed by atoms with E-state index in [1.165, 1.54) is 16.6 Å². The molecule has 0 radical (unpaired) electrons. The lowest BCUT2D eigenvalue weighted by Gasteiger charge is -2.29. The first-order chi connectivity index (χ1) is 8.55. The van der Waals surface area contributed by atoms with Crippen LogP contribution in [0.3, 0.4) is 0 Å². The van der Waals surface area contributed by atoms with Crippen molar-refractivity contribution in [3.8, 4) is 6.07 Å². The number of rotatable bonds is 2. The monoisotopic (exact) mass is 265 g/mol. The predicted molar refractivity (Wildman–Crippen MR) is 66.1 cm³/mol. The van der Waals surface area contributed by atoms with Crippen LogP contribution < -0.4 is 0 Å². The molecule has 5 nitrogen and oxygen atoms in total. The van der Waals surface area contributed by atoms with Gasteiger partial charge in [0.25, 0.3) is 0 Å². The van der Waals surface area contributed by atoms with Crippen LogP contribution in [0.15, 0.2) is 23.2 Å². The van der Waals surface area contributed by atoms with Crippen molar-refractivity contribution in [2.75, 3.05) is 13.1 Å². The smallest absolute Gasteiger partial charge is 0.244 e. The van der Waals surface area contributed by atoms with Crippen LogP contribution >= 0.6 is 0 Å². The second-order valence-electron chi connectivity index (χ2n) is 4.55. The van der Waals surface area contributed by atoms with E-state index in [2.05, 4.69) is 11.9 Å². The van der Waals surface area contributed by atoms with Crippen molar-refractivity contribution in [2.45, 2.75) is 24.7 Å². The van der Waals surface area contributed by atoms with E-state index in [0.29, 0.717) is 19.0 Å². The summed E-state index contributed by atoms with van der Waals surface area (Å²) in [5, 5.41) is 8.93. The molecular formula is C12H15N3O2S. The molecule has 2 rings (SSSR count). The lowest BCUT2D eigenvalue weighted by molar-refractivity contribution is 0.288. The third-order valence-electron chi connectivity index (χ3n) is 3.24. The highest BCUT2D eigenvalue weighted by Gasteiger charge is 2.30. The minimum atomic E-state index is -3.58. The molecule has 1 aliphatic rings. The third kappa shape index (κ3) is 2.37. The predicted octanol–water partition coefficient (Wildman–Crippen LogP) is 1.37. The van der Waals surface area contributed by atoms with Gasteiger partial charge in [-0.25, -0.2) is 13.4 Å². The molecule has 1 fully saturated rings. The Morgan fingerprint density at radius 1 is 1.44 bits per heavy atom. The summed E-state index contributed by atoms with van der Waals surface area (Å²) in [5.41, 5.74) is -0.0314. The van der Waals surface area contributed by atoms with Gasteiger partial charge in [0, 0.05) is 19.3 Å². The Bertz CT molecular complexity index is 569. The van der Waals surface area contributed by atoms with Crippen LogP contribution in [0.4, 0.5) is 0 Å². The summed E-state index contributed by atoms with van der Waals surface area (Å²) >= 11 is 0. The topological polar surface area (TPSA) is 74.1 Å². The first kappa shape index (κ1) is 13.0. The second-order valence-corrected chi connectivity index (χ2v) is 6.45. The van der Waals surface area contributed by atoms with Gasteiger partial charge >= 0.3 is 0 Å². The molecule has 0 spiro atoms. The van der Waals surface area contributed by atoms with Gasteiger partial charge in [0.2, 0.25) is 10.0 Å². The molecule has 0 aromatic carbocycles. The largest absolute Gasteiger partial charge is 0.245 e. The lowest BCUT2D eigenvalue weighted by atomic mass is 10.0. The molecule has 1 aliphatic heterocycles. The van der Waals surface area contributed by atoms with Gasteiger partial charge in [0.1, 0.15) is 11.0 Å². The molecule has 1 saturated heterocycles. The fourth-order valence-electron chi connectivity index (χ4n) is 2.05. The molecule has 2 heterocycles. The van der Waals surface area contributed by atoms with E-state index < -0.39 is 10.0 Å². The van der Waals surface area contributed by atoms with Crippen molar-refractivity contribution in [1.82, 2.24) is 9.29 Å². The molecule has 0 bridgehead atoms. The minimum absolute atomic E-state index is 0.0158. The van der Waals surface area contributed by atoms with Crippen LogP contribution in [-0.4, -0.2) is 30.8 Å². The van der Waals surface area contributed by atoms with E-state index in [1.54, 1.807) is 6.07 Å². The Morgan fingerprint density at radius 2 is 2.11 bits per heavy atom. The fourth-order valence-corrected chi connectivity index (χ4v) is 3.61. The van der Waals surface area contributed by atoms with Gasteiger partial charge in [0.15, 0.2) is 5.69 Å². The van der Waals surface area contributed by atoms with E-state index in [0.717, 1.165) is 12.8 Å². The second kappa shape index (κ2) is 5.04. The Kier molecular flexibility index (Phi) is 3.64. The average Bonchev–Trinajstić information content (AvgIpc) is 2.39. The standard InChI is InChI=1S/C12H15N3O2S/c1-10-4-7-15(8-5-10)18(16,17)12-3-2-6-14-11(12)9-13/h2-3,6,10H,4-5,7-8H2,1H3. The molecule has 0 aliphatic carbocycles. The number of sulfonamides is 1. The maximum Gasteiger partial charge on any atom is 0.245 e. The Labute approximate surface area is 107 Å². The number of piperidine rings is 1. The quantitative estimate of drug-likeness (QED) is 0.809. The van der Waals surface area contributed by atoms with Crippen molar-refractivity contribution in [1.29, 1.82) is 5.26 Å².